The van der Waals surface area contributed by atoms with Gasteiger partial charge in [0.15, 0.2) is 5.96 Å². The molecule has 0 aliphatic heterocycles. The van der Waals surface area contributed by atoms with Crippen molar-refractivity contribution in [3.8, 4) is 16.9 Å². The molecular formula is C22H25N3O4. The molecule has 7 heteroatoms. The molecule has 1 saturated carbocycles. The van der Waals surface area contributed by atoms with Crippen molar-refractivity contribution in [3.05, 3.63) is 54.1 Å². The Labute approximate surface area is 169 Å². The molecule has 2 aromatic carbocycles. The number of carboxylic acids is 1. The van der Waals surface area contributed by atoms with Crippen molar-refractivity contribution in [2.45, 2.75) is 25.7 Å². The van der Waals surface area contributed by atoms with Crippen LogP contribution in [-0.4, -0.2) is 29.5 Å². The summed E-state index contributed by atoms with van der Waals surface area (Å²) >= 11 is 0. The minimum atomic E-state index is -0.955. The number of nitrogens with two attached hydrogens (primary N) is 2. The highest BCUT2D eigenvalue weighted by Gasteiger charge is 2.27. The van der Waals surface area contributed by atoms with E-state index in [1.165, 1.54) is 0 Å². The summed E-state index contributed by atoms with van der Waals surface area (Å²) in [6, 6.07) is 13.8. The van der Waals surface area contributed by atoms with E-state index in [1.54, 1.807) is 36.4 Å². The summed E-state index contributed by atoms with van der Waals surface area (Å²) in [5.74, 6) is -0.245. The van der Waals surface area contributed by atoms with Gasteiger partial charge in [-0.25, -0.2) is 4.79 Å². The second kappa shape index (κ2) is 9.23. The van der Waals surface area contributed by atoms with E-state index in [0.29, 0.717) is 18.2 Å². The Morgan fingerprint density at radius 1 is 0.931 bits per heavy atom. The average Bonchev–Trinajstić information content (AvgIpc) is 2.73. The molecule has 2 aromatic rings. The molecule has 5 N–H and O–H groups in total. The van der Waals surface area contributed by atoms with Crippen molar-refractivity contribution in [2.24, 2.45) is 28.3 Å². The van der Waals surface area contributed by atoms with Gasteiger partial charge >= 0.3 is 11.9 Å². The van der Waals surface area contributed by atoms with Gasteiger partial charge in [-0.1, -0.05) is 24.3 Å². The van der Waals surface area contributed by atoms with Crippen molar-refractivity contribution in [3.63, 3.8) is 0 Å². The maximum atomic E-state index is 12.5. The predicted octanol–water partition coefficient (Wildman–Crippen LogP) is 3.04. The third-order valence-corrected chi connectivity index (χ3v) is 5.25. The number of guanidine groups is 1. The van der Waals surface area contributed by atoms with Crippen LogP contribution in [0.5, 0.6) is 5.75 Å². The van der Waals surface area contributed by atoms with Crippen LogP contribution < -0.4 is 16.2 Å². The lowest BCUT2D eigenvalue weighted by Gasteiger charge is -2.26. The highest BCUT2D eigenvalue weighted by molar-refractivity contribution is 5.88. The second-order valence-electron chi connectivity index (χ2n) is 7.31. The van der Waals surface area contributed by atoms with Gasteiger partial charge in [-0.3, -0.25) is 9.79 Å². The van der Waals surface area contributed by atoms with Gasteiger partial charge in [0.1, 0.15) is 5.75 Å². The maximum absolute atomic E-state index is 12.5. The number of carboxylic acid groups (broad SMARTS) is 1. The van der Waals surface area contributed by atoms with E-state index in [2.05, 4.69) is 4.99 Å². The SMILES string of the molecule is NC(N)=NCC1CCC(C(=O)Oc2ccc(-c3ccc(C(=O)O)cc3)cc2)CC1. The van der Waals surface area contributed by atoms with Gasteiger partial charge in [0.25, 0.3) is 0 Å². The molecule has 7 nitrogen and oxygen atoms in total. The van der Waals surface area contributed by atoms with Gasteiger partial charge < -0.3 is 21.3 Å². The molecule has 29 heavy (non-hydrogen) atoms. The maximum Gasteiger partial charge on any atom is 0.335 e. The first kappa shape index (κ1) is 20.4. The zero-order chi connectivity index (χ0) is 20.8. The summed E-state index contributed by atoms with van der Waals surface area (Å²) < 4.78 is 5.54. The monoisotopic (exact) mass is 395 g/mol. The Balaban J connectivity index is 1.54. The number of nitrogens with zero attached hydrogens (tertiary/aromatic N) is 1. The van der Waals surface area contributed by atoms with Crippen LogP contribution in [0, 0.1) is 11.8 Å². The Morgan fingerprint density at radius 3 is 2.00 bits per heavy atom. The molecule has 0 unspecified atom stereocenters. The minimum absolute atomic E-state index is 0.103. The Bertz CT molecular complexity index is 879. The fourth-order valence-electron chi connectivity index (χ4n) is 3.54. The van der Waals surface area contributed by atoms with E-state index >= 15 is 0 Å². The predicted molar refractivity (Wildman–Crippen MR) is 111 cm³/mol. The number of esters is 1. The molecule has 1 aliphatic rings. The Hall–Kier alpha value is -3.35. The number of carbonyl (C=O) groups excluding carboxylic acids is 1. The van der Waals surface area contributed by atoms with Crippen molar-refractivity contribution in [1.82, 2.24) is 0 Å². The summed E-state index contributed by atoms with van der Waals surface area (Å²) in [6.45, 7) is 0.610. The van der Waals surface area contributed by atoms with Gasteiger partial charge in [-0.15, -0.1) is 0 Å². The van der Waals surface area contributed by atoms with Crippen molar-refractivity contribution >= 4 is 17.9 Å². The van der Waals surface area contributed by atoms with Crippen LogP contribution >= 0.6 is 0 Å². The van der Waals surface area contributed by atoms with Gasteiger partial charge in [-0.2, -0.15) is 0 Å². The van der Waals surface area contributed by atoms with Crippen LogP contribution in [-0.2, 0) is 4.79 Å². The molecule has 0 amide bonds. The Morgan fingerprint density at radius 2 is 1.48 bits per heavy atom. The zero-order valence-electron chi connectivity index (χ0n) is 16.1. The van der Waals surface area contributed by atoms with Crippen LogP contribution in [0.3, 0.4) is 0 Å². The Kier molecular flexibility index (Phi) is 6.49. The topological polar surface area (TPSA) is 128 Å². The summed E-state index contributed by atoms with van der Waals surface area (Å²) in [4.78, 5) is 27.5. The molecule has 0 spiro atoms. The smallest absolute Gasteiger partial charge is 0.335 e. The van der Waals surface area contributed by atoms with Crippen LogP contribution in [0.4, 0.5) is 0 Å². The largest absolute Gasteiger partial charge is 0.478 e. The number of hydrogen-bond donors (Lipinski definition) is 3. The van der Waals surface area contributed by atoms with E-state index in [1.807, 2.05) is 12.1 Å². The first-order chi connectivity index (χ1) is 13.9. The normalized spacial score (nSPS) is 18.6. The quantitative estimate of drug-likeness (QED) is 0.298. The van der Waals surface area contributed by atoms with Crippen LogP contribution in [0.25, 0.3) is 11.1 Å². The molecule has 3 rings (SSSR count). The van der Waals surface area contributed by atoms with Crippen molar-refractivity contribution in [1.29, 1.82) is 0 Å². The van der Waals surface area contributed by atoms with E-state index in [0.717, 1.165) is 36.8 Å². The van der Waals surface area contributed by atoms with Crippen molar-refractivity contribution in [2.75, 3.05) is 6.54 Å². The van der Waals surface area contributed by atoms with E-state index in [9.17, 15) is 9.59 Å². The van der Waals surface area contributed by atoms with E-state index in [4.69, 9.17) is 21.3 Å². The zero-order valence-corrected chi connectivity index (χ0v) is 16.1. The number of hydrogen-bond acceptors (Lipinski definition) is 4. The molecule has 0 heterocycles. The van der Waals surface area contributed by atoms with Crippen molar-refractivity contribution < 1.29 is 19.4 Å². The number of rotatable bonds is 6. The average molecular weight is 395 g/mol. The van der Waals surface area contributed by atoms with E-state index in [-0.39, 0.29) is 23.4 Å². The highest BCUT2D eigenvalue weighted by Crippen LogP contribution is 2.30. The van der Waals surface area contributed by atoms with Gasteiger partial charge in [0.05, 0.1) is 11.5 Å². The molecule has 0 bridgehead atoms. The first-order valence-electron chi connectivity index (χ1n) is 9.63. The van der Waals surface area contributed by atoms with Crippen LogP contribution in [0.2, 0.25) is 0 Å². The highest BCUT2D eigenvalue weighted by atomic mass is 16.5. The standard InChI is InChI=1S/C22H25N3O4/c23-22(24)25-13-14-1-3-18(4-2-14)21(28)29-19-11-9-16(10-12-19)15-5-7-17(8-6-15)20(26)27/h5-12,14,18H,1-4,13H2,(H,26,27)(H4,23,24,25). The lowest BCUT2D eigenvalue weighted by molar-refractivity contribution is -0.140. The lowest BCUT2D eigenvalue weighted by atomic mass is 9.82. The summed E-state index contributed by atoms with van der Waals surface area (Å²) in [7, 11) is 0. The van der Waals surface area contributed by atoms with E-state index < -0.39 is 5.97 Å². The second-order valence-corrected chi connectivity index (χ2v) is 7.31. The third-order valence-electron chi connectivity index (χ3n) is 5.25. The summed E-state index contributed by atoms with van der Waals surface area (Å²) in [6.07, 6.45) is 3.36. The fraction of sp³-hybridized carbons (Fsp3) is 0.318. The molecule has 1 aliphatic carbocycles. The molecule has 1 fully saturated rings. The summed E-state index contributed by atoms with van der Waals surface area (Å²) in [5.41, 5.74) is 12.8. The lowest BCUT2D eigenvalue weighted by Crippen LogP contribution is -2.28. The number of aliphatic imine (C=N–C) groups is 1. The minimum Gasteiger partial charge on any atom is -0.478 e. The molecule has 152 valence electrons. The van der Waals surface area contributed by atoms with Gasteiger partial charge in [0, 0.05) is 6.54 Å². The molecular weight excluding hydrogens is 370 g/mol. The molecule has 0 radical (unpaired) electrons. The number of carbonyl (C=O) groups is 2. The number of benzene rings is 2. The molecule has 0 aromatic heterocycles. The number of aromatic carboxylic acids is 1. The number of ether oxygens (including phenoxy) is 1. The first-order valence-corrected chi connectivity index (χ1v) is 9.63. The summed E-state index contributed by atoms with van der Waals surface area (Å²) in [5, 5.41) is 8.97. The molecule has 0 atom stereocenters. The van der Waals surface area contributed by atoms with Gasteiger partial charge in [-0.05, 0) is 67.0 Å². The van der Waals surface area contributed by atoms with Crippen LogP contribution in [0.1, 0.15) is 36.0 Å². The van der Waals surface area contributed by atoms with Gasteiger partial charge in [0.2, 0.25) is 0 Å². The molecule has 0 saturated heterocycles. The third kappa shape index (κ3) is 5.57. The fourth-order valence-corrected chi connectivity index (χ4v) is 3.54. The van der Waals surface area contributed by atoms with Crippen LogP contribution in [0.15, 0.2) is 53.5 Å².